The van der Waals surface area contributed by atoms with Crippen LogP contribution in [-0.4, -0.2) is 18.1 Å². The van der Waals surface area contributed by atoms with Gasteiger partial charge in [-0.25, -0.2) is 9.78 Å². The Balaban J connectivity index is 3.25. The first kappa shape index (κ1) is 9.00. The number of aromatic nitrogens is 1. The van der Waals surface area contributed by atoms with Crippen LogP contribution in [0.2, 0.25) is 0 Å². The van der Waals surface area contributed by atoms with Crippen LogP contribution in [0.25, 0.3) is 0 Å². The van der Waals surface area contributed by atoms with Crippen molar-refractivity contribution in [3.63, 3.8) is 0 Å². The molecule has 0 saturated heterocycles. The third kappa shape index (κ3) is 1.73. The van der Waals surface area contributed by atoms with Crippen molar-refractivity contribution in [3.05, 3.63) is 23.4 Å². The van der Waals surface area contributed by atoms with Gasteiger partial charge in [-0.05, 0) is 12.1 Å². The number of rotatable bonds is 1. The average Bonchev–Trinajstić information content (AvgIpc) is 2.16. The molecule has 0 bridgehead atoms. The van der Waals surface area contributed by atoms with Gasteiger partial charge in [0, 0.05) is 0 Å². The highest BCUT2D eigenvalue weighted by Gasteiger charge is 2.13. The highest BCUT2D eigenvalue weighted by molar-refractivity contribution is 5.90. The van der Waals surface area contributed by atoms with Crippen molar-refractivity contribution in [2.75, 3.05) is 12.8 Å². The van der Waals surface area contributed by atoms with Gasteiger partial charge < -0.3 is 10.5 Å². The maximum Gasteiger partial charge on any atom is 0.358 e. The van der Waals surface area contributed by atoms with Crippen LogP contribution in [-0.2, 0) is 4.74 Å². The number of ether oxygens (including phenoxy) is 1. The summed E-state index contributed by atoms with van der Waals surface area (Å²) in [5.74, 6) is -0.483. The summed E-state index contributed by atoms with van der Waals surface area (Å²) in [7, 11) is 1.22. The summed E-state index contributed by atoms with van der Waals surface area (Å²) in [5.41, 5.74) is 5.45. The van der Waals surface area contributed by atoms with Gasteiger partial charge >= 0.3 is 5.97 Å². The molecule has 66 valence electrons. The summed E-state index contributed by atoms with van der Waals surface area (Å²) in [6.45, 7) is 0. The van der Waals surface area contributed by atoms with Gasteiger partial charge in [-0.1, -0.05) is 0 Å². The Kier molecular flexibility index (Phi) is 2.45. The number of carbonyl (C=O) groups excluding carboxylic acids is 1. The smallest absolute Gasteiger partial charge is 0.358 e. The fraction of sp³-hybridized carbons (Fsp3) is 0.125. The van der Waals surface area contributed by atoms with E-state index in [9.17, 15) is 4.79 Å². The molecule has 0 unspecified atom stereocenters. The molecule has 0 radical (unpaired) electrons. The van der Waals surface area contributed by atoms with Crippen LogP contribution >= 0.6 is 0 Å². The first-order valence-electron chi connectivity index (χ1n) is 3.44. The van der Waals surface area contributed by atoms with Crippen LogP contribution in [0.5, 0.6) is 0 Å². The molecule has 0 aliphatic rings. The summed E-state index contributed by atoms with van der Waals surface area (Å²) in [6, 6.07) is 4.69. The Bertz CT molecular complexity index is 381. The second kappa shape index (κ2) is 3.54. The fourth-order valence-electron chi connectivity index (χ4n) is 0.817. The van der Waals surface area contributed by atoms with Crippen molar-refractivity contribution in [3.8, 4) is 6.07 Å². The van der Waals surface area contributed by atoms with Crippen LogP contribution in [0.3, 0.4) is 0 Å². The Morgan fingerprint density at radius 3 is 2.92 bits per heavy atom. The van der Waals surface area contributed by atoms with Crippen molar-refractivity contribution in [2.45, 2.75) is 0 Å². The molecule has 0 aliphatic heterocycles. The SMILES string of the molecule is COC(=O)c1nc(N)ccc1C#N. The summed E-state index contributed by atoms with van der Waals surface area (Å²) >= 11 is 0. The molecule has 0 saturated carbocycles. The third-order valence-electron chi connectivity index (χ3n) is 1.42. The molecule has 0 spiro atoms. The van der Waals surface area contributed by atoms with E-state index in [1.54, 1.807) is 0 Å². The van der Waals surface area contributed by atoms with Crippen molar-refractivity contribution in [1.29, 1.82) is 5.26 Å². The predicted octanol–water partition coefficient (Wildman–Crippen LogP) is 0.322. The number of esters is 1. The van der Waals surface area contributed by atoms with Crippen LogP contribution in [0, 0.1) is 11.3 Å². The quantitative estimate of drug-likeness (QED) is 0.624. The van der Waals surface area contributed by atoms with Gasteiger partial charge in [0.1, 0.15) is 11.9 Å². The van der Waals surface area contributed by atoms with Crippen LogP contribution in [0.4, 0.5) is 5.82 Å². The number of anilines is 1. The van der Waals surface area contributed by atoms with E-state index < -0.39 is 5.97 Å². The molecule has 2 N–H and O–H groups in total. The molecule has 5 nitrogen and oxygen atoms in total. The fourth-order valence-corrected chi connectivity index (χ4v) is 0.817. The van der Waals surface area contributed by atoms with Gasteiger partial charge in [0.25, 0.3) is 0 Å². The zero-order valence-electron chi connectivity index (χ0n) is 6.94. The minimum atomic E-state index is -0.663. The van der Waals surface area contributed by atoms with E-state index in [1.165, 1.54) is 19.2 Å². The molecule has 1 aromatic heterocycles. The van der Waals surface area contributed by atoms with Gasteiger partial charge in [-0.2, -0.15) is 5.26 Å². The number of carbonyl (C=O) groups is 1. The molecule has 0 aromatic carbocycles. The number of nitrogens with two attached hydrogens (primary N) is 1. The Hall–Kier alpha value is -2.09. The van der Waals surface area contributed by atoms with Crippen LogP contribution < -0.4 is 5.73 Å². The van der Waals surface area contributed by atoms with Crippen molar-refractivity contribution < 1.29 is 9.53 Å². The number of nitrogen functional groups attached to an aromatic ring is 1. The number of pyridine rings is 1. The molecule has 1 heterocycles. The molecule has 5 heteroatoms. The lowest BCUT2D eigenvalue weighted by Gasteiger charge is -2.00. The van der Waals surface area contributed by atoms with E-state index in [0.29, 0.717) is 0 Å². The molecule has 1 rings (SSSR count). The normalized spacial score (nSPS) is 8.92. The summed E-state index contributed by atoms with van der Waals surface area (Å²) in [5, 5.41) is 8.62. The lowest BCUT2D eigenvalue weighted by Crippen LogP contribution is -2.08. The van der Waals surface area contributed by atoms with E-state index in [4.69, 9.17) is 11.0 Å². The maximum absolute atomic E-state index is 11.1. The number of methoxy groups -OCH3 is 1. The van der Waals surface area contributed by atoms with Crippen molar-refractivity contribution >= 4 is 11.8 Å². The molecular weight excluding hydrogens is 170 g/mol. The third-order valence-corrected chi connectivity index (χ3v) is 1.42. The molecular formula is C8H7N3O2. The highest BCUT2D eigenvalue weighted by Crippen LogP contribution is 2.08. The van der Waals surface area contributed by atoms with E-state index in [0.717, 1.165) is 0 Å². The van der Waals surface area contributed by atoms with Gasteiger partial charge in [0.15, 0.2) is 5.69 Å². The van der Waals surface area contributed by atoms with Gasteiger partial charge in [0.2, 0.25) is 0 Å². The van der Waals surface area contributed by atoms with E-state index >= 15 is 0 Å². The van der Waals surface area contributed by atoms with Crippen molar-refractivity contribution in [2.24, 2.45) is 0 Å². The number of nitrogens with zero attached hydrogens (tertiary/aromatic N) is 2. The predicted molar refractivity (Wildman–Crippen MR) is 44.7 cm³/mol. The monoisotopic (exact) mass is 177 g/mol. The standard InChI is InChI=1S/C8H7N3O2/c1-13-8(12)7-5(4-9)2-3-6(10)11-7/h2-3H,1H3,(H2,10,11). The average molecular weight is 177 g/mol. The van der Waals surface area contributed by atoms with Crippen LogP contribution in [0.1, 0.15) is 16.1 Å². The first-order chi connectivity index (χ1) is 6.19. The van der Waals surface area contributed by atoms with E-state index in [1.807, 2.05) is 6.07 Å². The lowest BCUT2D eigenvalue weighted by atomic mass is 10.2. The topological polar surface area (TPSA) is 89.0 Å². The second-order valence-corrected chi connectivity index (χ2v) is 2.24. The summed E-state index contributed by atoms with van der Waals surface area (Å²) < 4.78 is 4.43. The largest absolute Gasteiger partial charge is 0.464 e. The second-order valence-electron chi connectivity index (χ2n) is 2.24. The molecule has 0 atom stereocenters. The molecule has 0 aliphatic carbocycles. The summed E-state index contributed by atoms with van der Waals surface area (Å²) in [4.78, 5) is 14.7. The summed E-state index contributed by atoms with van der Waals surface area (Å²) in [6.07, 6.45) is 0. The first-order valence-corrected chi connectivity index (χ1v) is 3.44. The van der Waals surface area contributed by atoms with Gasteiger partial charge in [0.05, 0.1) is 12.7 Å². The van der Waals surface area contributed by atoms with Gasteiger partial charge in [-0.15, -0.1) is 0 Å². The Morgan fingerprint density at radius 2 is 2.38 bits per heavy atom. The maximum atomic E-state index is 11.1. The number of nitriles is 1. The minimum Gasteiger partial charge on any atom is -0.464 e. The zero-order valence-corrected chi connectivity index (χ0v) is 6.94. The highest BCUT2D eigenvalue weighted by atomic mass is 16.5. The number of hydrogen-bond acceptors (Lipinski definition) is 5. The van der Waals surface area contributed by atoms with Crippen molar-refractivity contribution in [1.82, 2.24) is 4.98 Å². The molecule has 1 aromatic rings. The van der Waals surface area contributed by atoms with E-state index in [-0.39, 0.29) is 17.1 Å². The zero-order chi connectivity index (χ0) is 9.84. The van der Waals surface area contributed by atoms with E-state index in [2.05, 4.69) is 9.72 Å². The van der Waals surface area contributed by atoms with Crippen LogP contribution in [0.15, 0.2) is 12.1 Å². The lowest BCUT2D eigenvalue weighted by molar-refractivity contribution is 0.0594. The minimum absolute atomic E-state index is 0.0509. The molecule has 13 heavy (non-hydrogen) atoms. The Morgan fingerprint density at radius 1 is 1.69 bits per heavy atom. The Labute approximate surface area is 74.8 Å². The molecule has 0 amide bonds. The molecule has 0 fully saturated rings. The van der Waals surface area contributed by atoms with Gasteiger partial charge in [-0.3, -0.25) is 0 Å². The number of hydrogen-bond donors (Lipinski definition) is 1.